The minimum absolute atomic E-state index is 0.971. The monoisotopic (exact) mass is 362 g/mol. The molecular weight excluding hydrogens is 340 g/mol. The van der Waals surface area contributed by atoms with E-state index in [1.54, 1.807) is 29.0 Å². The zero-order valence-corrected chi connectivity index (χ0v) is 15.6. The highest BCUT2D eigenvalue weighted by atomic mass is 32.1. The summed E-state index contributed by atoms with van der Waals surface area (Å²) < 4.78 is 0. The third kappa shape index (κ3) is 2.95. The molecule has 1 aliphatic rings. The summed E-state index contributed by atoms with van der Waals surface area (Å²) in [5.74, 6) is 1.17. The van der Waals surface area contributed by atoms with Crippen LogP contribution < -0.4 is 9.80 Å². The molecule has 1 fully saturated rings. The van der Waals surface area contributed by atoms with Crippen LogP contribution >= 0.6 is 22.7 Å². The van der Waals surface area contributed by atoms with Crippen LogP contribution in [0.1, 0.15) is 23.7 Å². The van der Waals surface area contributed by atoms with E-state index in [1.807, 2.05) is 0 Å². The van der Waals surface area contributed by atoms with Gasteiger partial charge in [0.25, 0.3) is 0 Å². The Morgan fingerprint density at radius 2 is 1.75 bits per heavy atom. The Balaban J connectivity index is 1.52. The van der Waals surface area contributed by atoms with Crippen LogP contribution in [0.25, 0.3) is 10.2 Å². The number of hydrogen-bond acceptors (Lipinski definition) is 6. The third-order valence-electron chi connectivity index (χ3n) is 4.59. The molecule has 4 heterocycles. The van der Waals surface area contributed by atoms with Crippen molar-refractivity contribution in [2.45, 2.75) is 26.7 Å². The molecule has 0 spiro atoms. The van der Waals surface area contributed by atoms with Crippen molar-refractivity contribution in [1.29, 1.82) is 0 Å². The molecule has 24 heavy (non-hydrogen) atoms. The number of piperazine rings is 1. The standard InChI is InChI=1S/C16H20N6S2/c1-3-11-9-12-14(17-10-18-15(12)23-11)21-5-7-22(8-6-21)16-20-19-13(4-2)24-16/h9-10H,3-8H2,1-2H3/p+2. The van der Waals surface area contributed by atoms with E-state index in [1.165, 1.54) is 25.9 Å². The van der Waals surface area contributed by atoms with Crippen LogP contribution in [0.5, 0.6) is 0 Å². The van der Waals surface area contributed by atoms with Crippen molar-refractivity contribution in [2.75, 3.05) is 26.2 Å². The Labute approximate surface area is 149 Å². The average Bonchev–Trinajstić information content (AvgIpc) is 3.28. The van der Waals surface area contributed by atoms with Gasteiger partial charge < -0.3 is 0 Å². The number of aryl methyl sites for hydroxylation is 2. The van der Waals surface area contributed by atoms with Crippen LogP contribution in [0.2, 0.25) is 0 Å². The highest BCUT2D eigenvalue weighted by molar-refractivity contribution is 7.18. The summed E-state index contributed by atoms with van der Waals surface area (Å²) in [6, 6.07) is 2.28. The molecule has 6 nitrogen and oxygen atoms in total. The van der Waals surface area contributed by atoms with Crippen LogP contribution in [0.4, 0.5) is 10.9 Å². The molecule has 0 bridgehead atoms. The fourth-order valence-corrected chi connectivity index (χ4v) is 5.02. The van der Waals surface area contributed by atoms with Crippen LogP contribution in [-0.2, 0) is 12.8 Å². The van der Waals surface area contributed by atoms with Crippen molar-refractivity contribution in [2.24, 2.45) is 0 Å². The molecule has 2 N–H and O–H groups in total. The van der Waals surface area contributed by atoms with Crippen molar-refractivity contribution < 1.29 is 9.80 Å². The van der Waals surface area contributed by atoms with Gasteiger partial charge in [0.05, 0.1) is 5.39 Å². The first-order chi connectivity index (χ1) is 11.8. The molecule has 0 aromatic carbocycles. The van der Waals surface area contributed by atoms with Crippen molar-refractivity contribution in [3.63, 3.8) is 0 Å². The lowest BCUT2D eigenvalue weighted by molar-refractivity contribution is -0.952. The predicted octanol–water partition coefficient (Wildman–Crippen LogP) is 0.414. The largest absolute Gasteiger partial charge is 0.305 e. The first-order valence-corrected chi connectivity index (χ1v) is 10.2. The van der Waals surface area contributed by atoms with Crippen molar-refractivity contribution in [3.8, 4) is 0 Å². The summed E-state index contributed by atoms with van der Waals surface area (Å²) >= 11 is 3.54. The van der Waals surface area contributed by atoms with E-state index in [9.17, 15) is 0 Å². The zero-order chi connectivity index (χ0) is 16.5. The lowest BCUT2D eigenvalue weighted by Crippen LogP contribution is -3.24. The fourth-order valence-electron chi connectivity index (χ4n) is 3.21. The Hall–Kier alpha value is -1.48. The molecule has 0 unspecified atom stereocenters. The SMILES string of the molecule is CCc1cc2c([NH+]3CC[NH+](c4nnc(CC)s4)CC3)ncnc2s1. The first kappa shape index (κ1) is 16.0. The molecule has 0 atom stereocenters. The number of aromatic nitrogens is 4. The van der Waals surface area contributed by atoms with Crippen LogP contribution in [0.15, 0.2) is 12.4 Å². The highest BCUT2D eigenvalue weighted by Crippen LogP contribution is 2.26. The number of rotatable bonds is 4. The molecule has 3 aromatic heterocycles. The molecule has 1 saturated heterocycles. The minimum Gasteiger partial charge on any atom is -0.276 e. The Bertz CT molecular complexity index is 834. The maximum atomic E-state index is 4.62. The van der Waals surface area contributed by atoms with Crippen LogP contribution in [-0.4, -0.2) is 46.3 Å². The maximum absolute atomic E-state index is 4.62. The van der Waals surface area contributed by atoms with Gasteiger partial charge in [0.15, 0.2) is 0 Å². The van der Waals surface area contributed by atoms with Crippen molar-refractivity contribution in [1.82, 2.24) is 20.2 Å². The third-order valence-corrected chi connectivity index (χ3v) is 6.95. The summed E-state index contributed by atoms with van der Waals surface area (Å²) in [5.41, 5.74) is 0. The number of nitrogens with one attached hydrogen (secondary N) is 2. The molecule has 4 rings (SSSR count). The Morgan fingerprint density at radius 3 is 2.46 bits per heavy atom. The Morgan fingerprint density at radius 1 is 0.958 bits per heavy atom. The molecule has 8 heteroatoms. The van der Waals surface area contributed by atoms with Gasteiger partial charge in [-0.1, -0.05) is 18.9 Å². The topological polar surface area (TPSA) is 60.4 Å². The number of quaternary nitrogens is 2. The summed E-state index contributed by atoms with van der Waals surface area (Å²) in [6.07, 6.45) is 3.75. The molecule has 0 aliphatic carbocycles. The normalized spacial score (nSPS) is 21.4. The van der Waals surface area contributed by atoms with Gasteiger partial charge in [-0.15, -0.1) is 16.4 Å². The van der Waals surface area contributed by atoms with Gasteiger partial charge in [0, 0.05) is 4.88 Å². The second kappa shape index (κ2) is 6.79. The fraction of sp³-hybridized carbons (Fsp3) is 0.500. The van der Waals surface area contributed by atoms with Gasteiger partial charge in [-0.05, 0) is 30.2 Å². The maximum Gasteiger partial charge on any atom is 0.305 e. The average molecular weight is 363 g/mol. The summed E-state index contributed by atoms with van der Waals surface area (Å²) in [4.78, 5) is 14.5. The number of nitrogens with zero attached hydrogens (tertiary/aromatic N) is 4. The molecule has 0 amide bonds. The predicted molar refractivity (Wildman–Crippen MR) is 96.8 cm³/mol. The molecule has 3 aromatic rings. The van der Waals surface area contributed by atoms with E-state index in [0.717, 1.165) is 54.0 Å². The van der Waals surface area contributed by atoms with Gasteiger partial charge in [-0.25, -0.2) is 4.98 Å². The van der Waals surface area contributed by atoms with E-state index < -0.39 is 0 Å². The number of thiophene rings is 1. The zero-order valence-electron chi connectivity index (χ0n) is 14.0. The van der Waals surface area contributed by atoms with Gasteiger partial charge >= 0.3 is 5.13 Å². The van der Waals surface area contributed by atoms with E-state index in [4.69, 9.17) is 0 Å². The second-order valence-electron chi connectivity index (χ2n) is 6.07. The smallest absolute Gasteiger partial charge is 0.276 e. The van der Waals surface area contributed by atoms with Crippen LogP contribution in [0.3, 0.4) is 0 Å². The summed E-state index contributed by atoms with van der Waals surface area (Å²) in [6.45, 7) is 8.61. The van der Waals surface area contributed by atoms with E-state index >= 15 is 0 Å². The molecular formula is C16H22N6S2+2. The number of fused-ring (bicyclic) bond motifs is 1. The van der Waals surface area contributed by atoms with Gasteiger partial charge in [-0.2, -0.15) is 4.98 Å². The van der Waals surface area contributed by atoms with Crippen molar-refractivity contribution in [3.05, 3.63) is 22.3 Å². The molecule has 126 valence electrons. The Kier molecular flexibility index (Phi) is 4.53. The van der Waals surface area contributed by atoms with E-state index in [-0.39, 0.29) is 0 Å². The van der Waals surface area contributed by atoms with Crippen molar-refractivity contribution >= 4 is 43.8 Å². The highest BCUT2D eigenvalue weighted by Gasteiger charge is 2.30. The molecule has 0 radical (unpaired) electrons. The quantitative estimate of drug-likeness (QED) is 0.706. The van der Waals surface area contributed by atoms with Gasteiger partial charge in [0.1, 0.15) is 42.3 Å². The molecule has 1 aliphatic heterocycles. The lowest BCUT2D eigenvalue weighted by atomic mass is 10.2. The minimum atomic E-state index is 0.971. The second-order valence-corrected chi connectivity index (χ2v) is 8.25. The first-order valence-electron chi connectivity index (χ1n) is 8.54. The lowest BCUT2D eigenvalue weighted by Gasteiger charge is -2.26. The van der Waals surface area contributed by atoms with E-state index in [0.29, 0.717) is 0 Å². The number of hydrogen-bond donors (Lipinski definition) is 2. The van der Waals surface area contributed by atoms with Gasteiger partial charge in [0.2, 0.25) is 5.82 Å². The van der Waals surface area contributed by atoms with Gasteiger partial charge in [-0.3, -0.25) is 9.80 Å². The summed E-state index contributed by atoms with van der Waals surface area (Å²) in [5, 5.41) is 12.1. The molecule has 0 saturated carbocycles. The van der Waals surface area contributed by atoms with Crippen LogP contribution in [0, 0.1) is 0 Å². The summed E-state index contributed by atoms with van der Waals surface area (Å²) in [7, 11) is 0. The van der Waals surface area contributed by atoms with E-state index in [2.05, 4.69) is 40.1 Å².